The second-order valence-electron chi connectivity index (χ2n) is 6.65. The van der Waals surface area contributed by atoms with Crippen molar-refractivity contribution in [1.29, 1.82) is 0 Å². The van der Waals surface area contributed by atoms with E-state index in [2.05, 4.69) is 22.4 Å². The Morgan fingerprint density at radius 1 is 1.17 bits per heavy atom. The van der Waals surface area contributed by atoms with Crippen molar-refractivity contribution in [3.05, 3.63) is 30.0 Å². The second kappa shape index (κ2) is 7.60. The highest BCUT2D eigenvalue weighted by Crippen LogP contribution is 2.26. The van der Waals surface area contributed by atoms with Crippen molar-refractivity contribution in [2.75, 3.05) is 25.0 Å². The Balaban J connectivity index is 1.82. The molecule has 0 saturated heterocycles. The molecule has 0 atom stereocenters. The third kappa shape index (κ3) is 3.50. The van der Waals surface area contributed by atoms with E-state index in [4.69, 9.17) is 0 Å². The van der Waals surface area contributed by atoms with Crippen LogP contribution in [0.2, 0.25) is 0 Å². The summed E-state index contributed by atoms with van der Waals surface area (Å²) < 4.78 is 0. The maximum absolute atomic E-state index is 12.6. The highest BCUT2D eigenvalue weighted by molar-refractivity contribution is 6.07. The average Bonchev–Trinajstić information content (AvgIpc) is 2.65. The number of anilines is 1. The Morgan fingerprint density at radius 2 is 1.88 bits per heavy atom. The van der Waals surface area contributed by atoms with E-state index in [1.165, 1.54) is 32.1 Å². The van der Waals surface area contributed by atoms with Gasteiger partial charge in [-0.05, 0) is 25.7 Å². The molecule has 0 unspecified atom stereocenters. The Hall–Kier alpha value is -2.17. The molecule has 3 rings (SSSR count). The Kier molecular flexibility index (Phi) is 5.28. The Labute approximate surface area is 143 Å². The van der Waals surface area contributed by atoms with Gasteiger partial charge in [0.15, 0.2) is 11.5 Å². The van der Waals surface area contributed by atoms with E-state index in [1.807, 2.05) is 36.2 Å². The lowest BCUT2D eigenvalue weighted by atomic mass is 9.89. The number of aromatic nitrogens is 2. The number of benzene rings is 1. The van der Waals surface area contributed by atoms with Gasteiger partial charge in [0.1, 0.15) is 0 Å². The summed E-state index contributed by atoms with van der Waals surface area (Å²) in [6.45, 7) is 3.65. The van der Waals surface area contributed by atoms with Gasteiger partial charge in [-0.25, -0.2) is 0 Å². The first-order valence-corrected chi connectivity index (χ1v) is 8.95. The number of fused-ring (bicyclic) bond motifs is 1. The number of rotatable bonds is 5. The van der Waals surface area contributed by atoms with E-state index in [0.29, 0.717) is 11.6 Å². The molecule has 24 heavy (non-hydrogen) atoms. The molecule has 5 heteroatoms. The van der Waals surface area contributed by atoms with Crippen LogP contribution in [0.1, 0.15) is 49.5 Å². The number of carbonyl (C=O) groups is 1. The van der Waals surface area contributed by atoms with Crippen molar-refractivity contribution in [2.24, 2.45) is 5.92 Å². The van der Waals surface area contributed by atoms with Crippen molar-refractivity contribution in [2.45, 2.75) is 39.0 Å². The molecule has 1 aromatic heterocycles. The maximum Gasteiger partial charge on any atom is 0.272 e. The van der Waals surface area contributed by atoms with Crippen LogP contribution in [-0.2, 0) is 0 Å². The summed E-state index contributed by atoms with van der Waals surface area (Å²) in [7, 11) is 1.99. The lowest BCUT2D eigenvalue weighted by molar-refractivity contribution is 0.0939. The summed E-state index contributed by atoms with van der Waals surface area (Å²) in [5.41, 5.74) is 0.426. The predicted molar refractivity (Wildman–Crippen MR) is 97.4 cm³/mol. The SMILES string of the molecule is CCN(C)c1nnc(C(=O)NCC2CCCCC2)c2ccccc12. The normalized spacial score (nSPS) is 15.4. The van der Waals surface area contributed by atoms with Gasteiger partial charge in [-0.2, -0.15) is 0 Å². The van der Waals surface area contributed by atoms with E-state index in [0.717, 1.165) is 29.7 Å². The summed E-state index contributed by atoms with van der Waals surface area (Å²) in [4.78, 5) is 14.7. The van der Waals surface area contributed by atoms with Crippen LogP contribution in [-0.4, -0.2) is 36.2 Å². The van der Waals surface area contributed by atoms with Crippen molar-refractivity contribution in [1.82, 2.24) is 15.5 Å². The Morgan fingerprint density at radius 3 is 2.58 bits per heavy atom. The number of nitrogens with one attached hydrogen (secondary N) is 1. The zero-order chi connectivity index (χ0) is 16.9. The van der Waals surface area contributed by atoms with E-state index < -0.39 is 0 Å². The zero-order valence-electron chi connectivity index (χ0n) is 14.6. The smallest absolute Gasteiger partial charge is 0.272 e. The monoisotopic (exact) mass is 326 g/mol. The number of carbonyl (C=O) groups excluding carboxylic acids is 1. The Bertz CT molecular complexity index is 710. The van der Waals surface area contributed by atoms with Crippen LogP contribution in [0.5, 0.6) is 0 Å². The maximum atomic E-state index is 12.6. The van der Waals surface area contributed by atoms with Crippen molar-refractivity contribution in [3.63, 3.8) is 0 Å². The fourth-order valence-corrected chi connectivity index (χ4v) is 3.40. The minimum absolute atomic E-state index is 0.116. The first-order valence-electron chi connectivity index (χ1n) is 8.95. The van der Waals surface area contributed by atoms with Gasteiger partial charge in [-0.15, -0.1) is 10.2 Å². The van der Waals surface area contributed by atoms with Crippen molar-refractivity contribution >= 4 is 22.5 Å². The van der Waals surface area contributed by atoms with E-state index in [-0.39, 0.29) is 5.91 Å². The average molecular weight is 326 g/mol. The largest absolute Gasteiger partial charge is 0.358 e. The number of nitrogens with zero attached hydrogens (tertiary/aromatic N) is 3. The van der Waals surface area contributed by atoms with Gasteiger partial charge < -0.3 is 10.2 Å². The van der Waals surface area contributed by atoms with Gasteiger partial charge in [-0.1, -0.05) is 43.5 Å². The van der Waals surface area contributed by atoms with Crippen LogP contribution < -0.4 is 10.2 Å². The standard InChI is InChI=1S/C19H26N4O/c1-3-23(2)18-16-12-8-7-11-15(16)17(21-22-18)19(24)20-13-14-9-5-4-6-10-14/h7-8,11-12,14H,3-6,9-10,13H2,1-2H3,(H,20,24). The lowest BCUT2D eigenvalue weighted by Gasteiger charge is -2.22. The summed E-state index contributed by atoms with van der Waals surface area (Å²) in [5.74, 6) is 1.30. The molecule has 1 aromatic carbocycles. The van der Waals surface area contributed by atoms with E-state index in [9.17, 15) is 4.79 Å². The molecule has 2 aromatic rings. The molecule has 1 saturated carbocycles. The molecule has 0 spiro atoms. The van der Waals surface area contributed by atoms with Crippen LogP contribution in [0.4, 0.5) is 5.82 Å². The molecule has 0 radical (unpaired) electrons. The van der Waals surface area contributed by atoms with Crippen molar-refractivity contribution < 1.29 is 4.79 Å². The van der Waals surface area contributed by atoms with Gasteiger partial charge >= 0.3 is 0 Å². The first kappa shape index (κ1) is 16.7. The minimum atomic E-state index is -0.116. The van der Waals surface area contributed by atoms with Gasteiger partial charge in [0, 0.05) is 30.9 Å². The molecular formula is C19H26N4O. The van der Waals surface area contributed by atoms with Gasteiger partial charge in [0.25, 0.3) is 5.91 Å². The van der Waals surface area contributed by atoms with Crippen LogP contribution in [0.25, 0.3) is 10.8 Å². The number of hydrogen-bond acceptors (Lipinski definition) is 4. The predicted octanol–water partition coefficient (Wildman–Crippen LogP) is 3.40. The molecule has 1 aliphatic rings. The van der Waals surface area contributed by atoms with Crippen LogP contribution in [0.3, 0.4) is 0 Å². The molecule has 1 fully saturated rings. The number of hydrogen-bond donors (Lipinski definition) is 1. The van der Waals surface area contributed by atoms with Gasteiger partial charge in [0.2, 0.25) is 0 Å². The fourth-order valence-electron chi connectivity index (χ4n) is 3.40. The molecule has 1 N–H and O–H groups in total. The first-order chi connectivity index (χ1) is 11.7. The summed E-state index contributed by atoms with van der Waals surface area (Å²) in [6.07, 6.45) is 6.31. The molecule has 0 aliphatic heterocycles. The molecular weight excluding hydrogens is 300 g/mol. The van der Waals surface area contributed by atoms with E-state index in [1.54, 1.807) is 0 Å². The quantitative estimate of drug-likeness (QED) is 0.915. The number of amides is 1. The summed E-state index contributed by atoms with van der Waals surface area (Å²) >= 11 is 0. The van der Waals surface area contributed by atoms with Gasteiger partial charge in [-0.3, -0.25) is 4.79 Å². The van der Waals surface area contributed by atoms with Crippen LogP contribution in [0.15, 0.2) is 24.3 Å². The topological polar surface area (TPSA) is 58.1 Å². The molecule has 1 amide bonds. The fraction of sp³-hybridized carbons (Fsp3) is 0.526. The van der Waals surface area contributed by atoms with Crippen LogP contribution in [0, 0.1) is 5.92 Å². The third-order valence-corrected chi connectivity index (χ3v) is 4.99. The highest BCUT2D eigenvalue weighted by atomic mass is 16.1. The minimum Gasteiger partial charge on any atom is -0.358 e. The molecule has 0 bridgehead atoms. The van der Waals surface area contributed by atoms with Crippen molar-refractivity contribution in [3.8, 4) is 0 Å². The summed E-state index contributed by atoms with van der Waals surface area (Å²) in [6, 6.07) is 7.87. The van der Waals surface area contributed by atoms with Crippen LogP contribution >= 0.6 is 0 Å². The summed E-state index contributed by atoms with van der Waals surface area (Å²) in [5, 5.41) is 13.4. The lowest BCUT2D eigenvalue weighted by Crippen LogP contribution is -2.31. The molecule has 5 nitrogen and oxygen atoms in total. The molecule has 1 aliphatic carbocycles. The zero-order valence-corrected chi connectivity index (χ0v) is 14.6. The van der Waals surface area contributed by atoms with Gasteiger partial charge in [0.05, 0.1) is 0 Å². The second-order valence-corrected chi connectivity index (χ2v) is 6.65. The molecule has 1 heterocycles. The highest BCUT2D eigenvalue weighted by Gasteiger charge is 2.19. The third-order valence-electron chi connectivity index (χ3n) is 4.99. The van der Waals surface area contributed by atoms with E-state index >= 15 is 0 Å². The molecule has 128 valence electrons.